The van der Waals surface area contributed by atoms with Crippen LogP contribution in [0.3, 0.4) is 0 Å². The number of likely N-dealkylation sites (tertiary alicyclic amines) is 1. The predicted molar refractivity (Wildman–Crippen MR) is 134 cm³/mol. The van der Waals surface area contributed by atoms with Gasteiger partial charge in [0.15, 0.2) is 0 Å². The van der Waals surface area contributed by atoms with Gasteiger partial charge < -0.3 is 15.0 Å². The van der Waals surface area contributed by atoms with E-state index in [9.17, 15) is 4.79 Å². The SMILES string of the molecule is COc1cc2c(cc1Nc1ncnc3sc4c(c13)CCN(CCCN1CCCC1=O)C4)C=NC2. The van der Waals surface area contributed by atoms with E-state index in [0.717, 1.165) is 91.4 Å². The lowest BCUT2D eigenvalue weighted by Crippen LogP contribution is -2.33. The summed E-state index contributed by atoms with van der Waals surface area (Å²) in [6, 6.07) is 4.14. The third-order valence-corrected chi connectivity index (χ3v) is 8.12. The molecule has 0 radical (unpaired) electrons. The molecule has 0 spiro atoms. The number of carbonyl (C=O) groups excluding carboxylic acids is 1. The molecule has 3 aliphatic heterocycles. The molecule has 9 heteroatoms. The zero-order valence-electron chi connectivity index (χ0n) is 19.3. The van der Waals surface area contributed by atoms with Crippen LogP contribution in [0, 0.1) is 0 Å². The zero-order chi connectivity index (χ0) is 23.1. The molecule has 0 aliphatic carbocycles. The van der Waals surface area contributed by atoms with Crippen molar-refractivity contribution in [3.63, 3.8) is 0 Å². The summed E-state index contributed by atoms with van der Waals surface area (Å²) in [6.45, 7) is 5.47. The number of hydrogen-bond acceptors (Lipinski definition) is 8. The Bertz CT molecular complexity index is 1290. The smallest absolute Gasteiger partial charge is 0.222 e. The van der Waals surface area contributed by atoms with Gasteiger partial charge in [-0.2, -0.15) is 0 Å². The topological polar surface area (TPSA) is 83.0 Å². The first-order chi connectivity index (χ1) is 16.7. The molecule has 0 saturated carbocycles. The fourth-order valence-electron chi connectivity index (χ4n) is 5.22. The van der Waals surface area contributed by atoms with E-state index in [-0.39, 0.29) is 0 Å². The summed E-state index contributed by atoms with van der Waals surface area (Å²) in [4.78, 5) is 32.3. The monoisotopic (exact) mass is 476 g/mol. The summed E-state index contributed by atoms with van der Waals surface area (Å²) in [5.74, 6) is 1.94. The van der Waals surface area contributed by atoms with Crippen molar-refractivity contribution in [2.45, 2.75) is 38.8 Å². The lowest BCUT2D eigenvalue weighted by molar-refractivity contribution is -0.127. The first-order valence-electron chi connectivity index (χ1n) is 11.9. The van der Waals surface area contributed by atoms with Gasteiger partial charge in [-0.25, -0.2) is 9.97 Å². The van der Waals surface area contributed by atoms with Gasteiger partial charge in [0.25, 0.3) is 0 Å². The van der Waals surface area contributed by atoms with Crippen LogP contribution in [-0.2, 0) is 24.3 Å². The van der Waals surface area contributed by atoms with Crippen LogP contribution in [-0.4, -0.2) is 65.2 Å². The molecule has 5 heterocycles. The van der Waals surface area contributed by atoms with Crippen molar-refractivity contribution in [2.75, 3.05) is 38.6 Å². The van der Waals surface area contributed by atoms with Crippen molar-refractivity contribution in [1.82, 2.24) is 19.8 Å². The molecule has 1 fully saturated rings. The zero-order valence-corrected chi connectivity index (χ0v) is 20.2. The highest BCUT2D eigenvalue weighted by Crippen LogP contribution is 2.40. The molecule has 0 unspecified atom stereocenters. The van der Waals surface area contributed by atoms with E-state index in [1.807, 2.05) is 11.1 Å². The number of hydrogen-bond donors (Lipinski definition) is 1. The number of amides is 1. The molecular formula is C25H28N6O2S. The number of rotatable bonds is 7. The molecule has 3 aliphatic rings. The summed E-state index contributed by atoms with van der Waals surface area (Å²) in [5.41, 5.74) is 4.55. The number of aliphatic imine (C=N–C) groups is 1. The Morgan fingerprint density at radius 1 is 1.18 bits per heavy atom. The standard InChI is InChI=1S/C25H28N6O2S/c1-33-20-11-17-13-26-12-16(17)10-19(20)29-24-23-18-5-9-30(6-3-8-31-7-2-4-22(31)32)14-21(18)34-25(23)28-15-27-24/h10-12,15H,2-9,13-14H2,1H3,(H,27,28,29). The molecule has 1 saturated heterocycles. The van der Waals surface area contributed by atoms with Crippen molar-refractivity contribution >= 4 is 45.2 Å². The minimum Gasteiger partial charge on any atom is -0.495 e. The summed E-state index contributed by atoms with van der Waals surface area (Å²) in [5, 5.41) is 4.66. The quantitative estimate of drug-likeness (QED) is 0.559. The van der Waals surface area contributed by atoms with Crippen LogP contribution in [0.15, 0.2) is 23.5 Å². The Morgan fingerprint density at radius 3 is 2.97 bits per heavy atom. The highest BCUT2D eigenvalue weighted by molar-refractivity contribution is 7.19. The molecule has 176 valence electrons. The molecule has 3 aromatic rings. The van der Waals surface area contributed by atoms with Crippen molar-refractivity contribution in [3.05, 3.63) is 40.0 Å². The number of nitrogens with one attached hydrogen (secondary N) is 1. The van der Waals surface area contributed by atoms with Crippen LogP contribution in [0.2, 0.25) is 0 Å². The van der Waals surface area contributed by atoms with E-state index >= 15 is 0 Å². The first-order valence-corrected chi connectivity index (χ1v) is 12.7. The van der Waals surface area contributed by atoms with Gasteiger partial charge in [0.05, 0.1) is 24.7 Å². The van der Waals surface area contributed by atoms with Crippen molar-refractivity contribution in [3.8, 4) is 5.75 Å². The second-order valence-electron chi connectivity index (χ2n) is 9.12. The van der Waals surface area contributed by atoms with E-state index in [2.05, 4.69) is 37.3 Å². The third kappa shape index (κ3) is 3.92. The number of fused-ring (bicyclic) bond motifs is 4. The normalized spacial score (nSPS) is 17.4. The number of benzene rings is 1. The summed E-state index contributed by atoms with van der Waals surface area (Å²) in [7, 11) is 1.69. The second kappa shape index (κ2) is 8.96. The van der Waals surface area contributed by atoms with Gasteiger partial charge in [-0.1, -0.05) is 0 Å². The molecule has 6 rings (SSSR count). The number of methoxy groups -OCH3 is 1. The van der Waals surface area contributed by atoms with Crippen LogP contribution < -0.4 is 10.1 Å². The molecule has 34 heavy (non-hydrogen) atoms. The molecule has 1 amide bonds. The van der Waals surface area contributed by atoms with Crippen molar-refractivity contribution in [1.29, 1.82) is 0 Å². The highest BCUT2D eigenvalue weighted by Gasteiger charge is 2.25. The van der Waals surface area contributed by atoms with Gasteiger partial charge in [-0.3, -0.25) is 14.7 Å². The van der Waals surface area contributed by atoms with E-state index in [4.69, 9.17) is 4.74 Å². The largest absolute Gasteiger partial charge is 0.495 e. The van der Waals surface area contributed by atoms with Gasteiger partial charge in [-0.05, 0) is 48.1 Å². The highest BCUT2D eigenvalue weighted by atomic mass is 32.1. The number of ether oxygens (including phenoxy) is 1. The maximum atomic E-state index is 11.9. The number of thiophene rings is 1. The van der Waals surface area contributed by atoms with E-state index < -0.39 is 0 Å². The van der Waals surface area contributed by atoms with E-state index in [1.165, 1.54) is 16.0 Å². The Kier molecular flexibility index (Phi) is 5.66. The van der Waals surface area contributed by atoms with Crippen LogP contribution in [0.5, 0.6) is 5.75 Å². The lowest BCUT2D eigenvalue weighted by atomic mass is 10.0. The molecular weight excluding hydrogens is 448 g/mol. The number of aromatic nitrogens is 2. The fraction of sp³-hybridized carbons (Fsp3) is 0.440. The molecule has 2 aromatic heterocycles. The summed E-state index contributed by atoms with van der Waals surface area (Å²) >= 11 is 1.77. The first kappa shape index (κ1) is 21.5. The predicted octanol–water partition coefficient (Wildman–Crippen LogP) is 3.75. The van der Waals surface area contributed by atoms with Crippen LogP contribution >= 0.6 is 11.3 Å². The summed E-state index contributed by atoms with van der Waals surface area (Å²) in [6.07, 6.45) is 7.29. The maximum Gasteiger partial charge on any atom is 0.222 e. The third-order valence-electron chi connectivity index (χ3n) is 7.00. The molecule has 0 bridgehead atoms. The molecule has 0 atom stereocenters. The van der Waals surface area contributed by atoms with E-state index in [0.29, 0.717) is 12.5 Å². The molecule has 8 nitrogen and oxygen atoms in total. The van der Waals surface area contributed by atoms with Crippen molar-refractivity contribution < 1.29 is 9.53 Å². The Hall–Kier alpha value is -3.04. The number of anilines is 2. The average molecular weight is 477 g/mol. The van der Waals surface area contributed by atoms with Crippen molar-refractivity contribution in [2.24, 2.45) is 4.99 Å². The Labute approximate surface area is 202 Å². The van der Waals surface area contributed by atoms with Gasteiger partial charge in [0, 0.05) is 50.2 Å². The van der Waals surface area contributed by atoms with Crippen LogP contribution in [0.25, 0.3) is 10.2 Å². The minimum atomic E-state index is 0.316. The molecule has 1 N–H and O–H groups in total. The second-order valence-corrected chi connectivity index (χ2v) is 10.2. The van der Waals surface area contributed by atoms with Crippen LogP contribution in [0.4, 0.5) is 11.5 Å². The maximum absolute atomic E-state index is 11.9. The Balaban J connectivity index is 1.21. The average Bonchev–Trinajstić information content (AvgIpc) is 3.56. The van der Waals surface area contributed by atoms with Gasteiger partial charge in [0.2, 0.25) is 5.91 Å². The number of nitrogens with zero attached hydrogens (tertiary/aromatic N) is 5. The lowest BCUT2D eigenvalue weighted by Gasteiger charge is -2.27. The Morgan fingerprint density at radius 2 is 2.12 bits per heavy atom. The number of carbonyl (C=O) groups is 1. The van der Waals surface area contributed by atoms with Gasteiger partial charge in [0.1, 0.15) is 22.7 Å². The summed E-state index contributed by atoms with van der Waals surface area (Å²) < 4.78 is 5.65. The minimum absolute atomic E-state index is 0.316. The van der Waals surface area contributed by atoms with E-state index in [1.54, 1.807) is 24.8 Å². The van der Waals surface area contributed by atoms with Gasteiger partial charge >= 0.3 is 0 Å². The van der Waals surface area contributed by atoms with Gasteiger partial charge in [-0.15, -0.1) is 11.3 Å². The van der Waals surface area contributed by atoms with Crippen LogP contribution in [0.1, 0.15) is 40.8 Å². The fourth-order valence-corrected chi connectivity index (χ4v) is 6.45. The molecule has 1 aromatic carbocycles.